The van der Waals surface area contributed by atoms with Crippen LogP contribution in [0.2, 0.25) is 0 Å². The molecule has 0 radical (unpaired) electrons. The Morgan fingerprint density at radius 3 is 2.55 bits per heavy atom. The lowest BCUT2D eigenvalue weighted by Gasteiger charge is -2.14. The van der Waals surface area contributed by atoms with Crippen LogP contribution in [0, 0.1) is 6.92 Å². The first-order chi connectivity index (χ1) is 10.7. The van der Waals surface area contributed by atoms with E-state index in [0.29, 0.717) is 0 Å². The number of ether oxygens (including phenoxy) is 2. The second-order valence-corrected chi connectivity index (χ2v) is 5.62. The largest absolute Gasteiger partial charge is 0.493 e. The molecule has 22 heavy (non-hydrogen) atoms. The van der Waals surface area contributed by atoms with Gasteiger partial charge in [-0.15, -0.1) is 22.0 Å². The summed E-state index contributed by atoms with van der Waals surface area (Å²) >= 11 is 1.70. The highest BCUT2D eigenvalue weighted by atomic mass is 32.2. The first kappa shape index (κ1) is 16.6. The van der Waals surface area contributed by atoms with E-state index in [1.165, 1.54) is 10.5 Å². The van der Waals surface area contributed by atoms with Crippen molar-refractivity contribution in [2.75, 3.05) is 27.0 Å². The van der Waals surface area contributed by atoms with Crippen LogP contribution in [-0.2, 0) is 13.1 Å². The average molecular weight is 322 g/mol. The summed E-state index contributed by atoms with van der Waals surface area (Å²) in [7, 11) is 3.31. The van der Waals surface area contributed by atoms with Crippen molar-refractivity contribution in [3.8, 4) is 11.5 Å². The van der Waals surface area contributed by atoms with Gasteiger partial charge < -0.3 is 19.4 Å². The van der Waals surface area contributed by atoms with Crippen LogP contribution in [0.3, 0.4) is 0 Å². The van der Waals surface area contributed by atoms with Gasteiger partial charge in [-0.2, -0.15) is 0 Å². The quantitative estimate of drug-likeness (QED) is 0.593. The summed E-state index contributed by atoms with van der Waals surface area (Å²) in [4.78, 5) is 1.19. The Bertz CT molecular complexity index is 616. The number of benzene rings is 1. The van der Waals surface area contributed by atoms with Crippen LogP contribution in [0.5, 0.6) is 11.5 Å². The van der Waals surface area contributed by atoms with Crippen LogP contribution < -0.4 is 14.8 Å². The Balaban J connectivity index is 1.98. The zero-order valence-corrected chi connectivity index (χ0v) is 14.2. The molecule has 1 aromatic carbocycles. The van der Waals surface area contributed by atoms with E-state index in [0.717, 1.165) is 37.0 Å². The molecule has 0 aliphatic heterocycles. The molecule has 0 saturated carbocycles. The topological polar surface area (TPSA) is 61.2 Å². The van der Waals surface area contributed by atoms with E-state index in [9.17, 15) is 0 Å². The van der Waals surface area contributed by atoms with Gasteiger partial charge in [-0.3, -0.25) is 0 Å². The van der Waals surface area contributed by atoms with E-state index >= 15 is 0 Å². The fourth-order valence-electron chi connectivity index (χ4n) is 2.19. The van der Waals surface area contributed by atoms with Gasteiger partial charge in [-0.1, -0.05) is 0 Å². The van der Waals surface area contributed by atoms with Gasteiger partial charge in [-0.05, 0) is 30.9 Å². The predicted molar refractivity (Wildman–Crippen MR) is 87.8 cm³/mol. The second-order valence-electron chi connectivity index (χ2n) is 4.77. The number of aryl methyl sites for hydroxylation is 1. The number of hydrogen-bond acceptors (Lipinski definition) is 6. The highest BCUT2D eigenvalue weighted by Gasteiger charge is 2.10. The minimum Gasteiger partial charge on any atom is -0.493 e. The van der Waals surface area contributed by atoms with Crippen LogP contribution in [0.1, 0.15) is 11.4 Å². The average Bonchev–Trinajstić information content (AvgIpc) is 2.95. The molecule has 1 heterocycles. The lowest BCUT2D eigenvalue weighted by molar-refractivity contribution is 0.353. The Kier molecular flexibility index (Phi) is 6.09. The van der Waals surface area contributed by atoms with Gasteiger partial charge in [0.1, 0.15) is 12.2 Å². The van der Waals surface area contributed by atoms with Crippen molar-refractivity contribution in [2.24, 2.45) is 0 Å². The molecule has 1 N–H and O–H groups in total. The van der Waals surface area contributed by atoms with Crippen LogP contribution in [0.25, 0.3) is 0 Å². The maximum atomic E-state index is 5.37. The monoisotopic (exact) mass is 322 g/mol. The predicted octanol–water partition coefficient (Wildman–Crippen LogP) is 2.12. The van der Waals surface area contributed by atoms with Gasteiger partial charge in [-0.25, -0.2) is 0 Å². The third-order valence-electron chi connectivity index (χ3n) is 3.44. The summed E-state index contributed by atoms with van der Waals surface area (Å²) < 4.78 is 12.7. The third kappa shape index (κ3) is 3.92. The van der Waals surface area contributed by atoms with E-state index in [1.54, 1.807) is 32.3 Å². The Hall–Kier alpha value is -1.73. The fourth-order valence-corrected chi connectivity index (χ4v) is 2.80. The smallest absolute Gasteiger partial charge is 0.161 e. The zero-order chi connectivity index (χ0) is 15.9. The molecule has 6 nitrogen and oxygen atoms in total. The van der Waals surface area contributed by atoms with Crippen LogP contribution in [-0.4, -0.2) is 41.8 Å². The molecule has 2 rings (SSSR count). The molecular weight excluding hydrogens is 300 g/mol. The molecule has 0 bridgehead atoms. The molecule has 0 unspecified atom stereocenters. The zero-order valence-electron chi connectivity index (χ0n) is 13.4. The number of nitrogens with zero attached hydrogens (tertiary/aromatic N) is 3. The molecule has 0 atom stereocenters. The minimum absolute atomic E-state index is 0.756. The molecule has 0 aliphatic carbocycles. The van der Waals surface area contributed by atoms with Gasteiger partial charge in [0.25, 0.3) is 0 Å². The normalized spacial score (nSPS) is 10.7. The first-order valence-corrected chi connectivity index (χ1v) is 8.26. The second kappa shape index (κ2) is 8.05. The van der Waals surface area contributed by atoms with Crippen molar-refractivity contribution >= 4 is 11.8 Å². The highest BCUT2D eigenvalue weighted by molar-refractivity contribution is 7.98. The molecule has 1 aromatic heterocycles. The van der Waals surface area contributed by atoms with Gasteiger partial charge in [0, 0.05) is 24.5 Å². The van der Waals surface area contributed by atoms with E-state index in [4.69, 9.17) is 9.47 Å². The summed E-state index contributed by atoms with van der Waals surface area (Å²) in [6, 6.07) is 4.05. The van der Waals surface area contributed by atoms with Crippen molar-refractivity contribution in [3.63, 3.8) is 0 Å². The number of aromatic nitrogens is 3. The minimum atomic E-state index is 0.756. The number of thioether (sulfide) groups is 1. The summed E-state index contributed by atoms with van der Waals surface area (Å²) in [5, 5.41) is 11.3. The molecule has 0 aliphatic rings. The van der Waals surface area contributed by atoms with Gasteiger partial charge >= 0.3 is 0 Å². The van der Waals surface area contributed by atoms with Crippen molar-refractivity contribution < 1.29 is 9.47 Å². The highest BCUT2D eigenvalue weighted by Crippen LogP contribution is 2.34. The Morgan fingerprint density at radius 1 is 1.23 bits per heavy atom. The van der Waals surface area contributed by atoms with Crippen molar-refractivity contribution in [2.45, 2.75) is 24.9 Å². The van der Waals surface area contributed by atoms with Gasteiger partial charge in [0.2, 0.25) is 0 Å². The van der Waals surface area contributed by atoms with Crippen LogP contribution >= 0.6 is 11.8 Å². The van der Waals surface area contributed by atoms with E-state index < -0.39 is 0 Å². The van der Waals surface area contributed by atoms with Gasteiger partial charge in [0.05, 0.1) is 14.2 Å². The maximum Gasteiger partial charge on any atom is 0.161 e. The summed E-state index contributed by atoms with van der Waals surface area (Å²) in [6.07, 6.45) is 3.81. The van der Waals surface area contributed by atoms with Crippen molar-refractivity contribution in [1.82, 2.24) is 20.1 Å². The van der Waals surface area contributed by atoms with E-state index in [1.807, 2.05) is 23.6 Å². The molecule has 0 saturated heterocycles. The summed E-state index contributed by atoms with van der Waals surface area (Å²) in [5.74, 6) is 2.44. The number of nitrogens with one attached hydrogen (secondary N) is 1. The lowest BCUT2D eigenvalue weighted by atomic mass is 10.2. The van der Waals surface area contributed by atoms with E-state index in [2.05, 4.69) is 21.8 Å². The fraction of sp³-hybridized carbons (Fsp3) is 0.467. The number of hydrogen-bond donors (Lipinski definition) is 1. The Labute approximate surface area is 135 Å². The van der Waals surface area contributed by atoms with Crippen LogP contribution in [0.15, 0.2) is 23.4 Å². The van der Waals surface area contributed by atoms with Crippen LogP contribution in [0.4, 0.5) is 0 Å². The lowest BCUT2D eigenvalue weighted by Crippen LogP contribution is -2.20. The first-order valence-electron chi connectivity index (χ1n) is 7.03. The molecule has 0 amide bonds. The molecule has 0 spiro atoms. The summed E-state index contributed by atoms with van der Waals surface area (Å²) in [5.41, 5.74) is 1.20. The van der Waals surface area contributed by atoms with Crippen molar-refractivity contribution in [1.29, 1.82) is 0 Å². The van der Waals surface area contributed by atoms with Gasteiger partial charge in [0.15, 0.2) is 11.5 Å². The van der Waals surface area contributed by atoms with Crippen molar-refractivity contribution in [3.05, 3.63) is 29.8 Å². The standard InChI is InChI=1S/C15H22N4O2S/c1-11-18-17-10-19(11)6-5-16-9-12-7-13(20-2)14(21-3)8-15(12)22-4/h7-8,10,16H,5-6,9H2,1-4H3. The molecule has 2 aromatic rings. The number of methoxy groups -OCH3 is 2. The molecule has 7 heteroatoms. The molecule has 120 valence electrons. The Morgan fingerprint density at radius 2 is 1.95 bits per heavy atom. The summed E-state index contributed by atoms with van der Waals surface area (Å²) in [6.45, 7) is 4.42. The maximum absolute atomic E-state index is 5.37. The molecule has 0 fully saturated rings. The third-order valence-corrected chi connectivity index (χ3v) is 4.26. The van der Waals surface area contributed by atoms with E-state index in [-0.39, 0.29) is 0 Å². The SMILES string of the molecule is COc1cc(CNCCn2cnnc2C)c(SC)cc1OC. The number of rotatable bonds is 8. The molecular formula is C15H22N4O2S.